The summed E-state index contributed by atoms with van der Waals surface area (Å²) in [4.78, 5) is 10.7. The lowest BCUT2D eigenvalue weighted by atomic mass is 10.0. The zero-order valence-corrected chi connectivity index (χ0v) is 13.2. The van der Waals surface area contributed by atoms with Crippen LogP contribution in [0.25, 0.3) is 11.1 Å². The molecule has 0 fully saturated rings. The van der Waals surface area contributed by atoms with Crippen LogP contribution in [0, 0.1) is 0 Å². The number of benzene rings is 3. The van der Waals surface area contributed by atoms with Crippen molar-refractivity contribution in [2.75, 3.05) is 0 Å². The number of carboxylic acids is 1. The number of ether oxygens (including phenoxy) is 1. The molecule has 0 bridgehead atoms. The van der Waals surface area contributed by atoms with Gasteiger partial charge in [0.25, 0.3) is 0 Å². The predicted molar refractivity (Wildman–Crippen MR) is 94.0 cm³/mol. The van der Waals surface area contributed by atoms with Crippen molar-refractivity contribution in [1.29, 1.82) is 0 Å². The molecule has 0 aliphatic carbocycles. The molecule has 120 valence electrons. The zero-order valence-electron chi connectivity index (χ0n) is 13.2. The van der Waals surface area contributed by atoms with E-state index in [1.807, 2.05) is 78.9 Å². The summed E-state index contributed by atoms with van der Waals surface area (Å²) in [6.45, 7) is 0.530. The Morgan fingerprint density at radius 1 is 0.792 bits per heavy atom. The Bertz CT molecular complexity index is 808. The zero-order chi connectivity index (χ0) is 16.8. The van der Waals surface area contributed by atoms with Gasteiger partial charge in [-0.25, -0.2) is 0 Å². The summed E-state index contributed by atoms with van der Waals surface area (Å²) in [5.74, 6) is -0.00924. The molecule has 1 N–H and O–H groups in total. The molecule has 0 heterocycles. The van der Waals surface area contributed by atoms with Crippen LogP contribution in [-0.4, -0.2) is 11.1 Å². The third-order valence-corrected chi connectivity index (χ3v) is 3.72. The van der Waals surface area contributed by atoms with Crippen LogP contribution in [0.2, 0.25) is 0 Å². The molecular formula is C21H18O3. The Kier molecular flexibility index (Phi) is 4.92. The van der Waals surface area contributed by atoms with Crippen LogP contribution in [0.1, 0.15) is 11.1 Å². The van der Waals surface area contributed by atoms with E-state index < -0.39 is 5.97 Å². The monoisotopic (exact) mass is 318 g/mol. The summed E-state index contributed by atoms with van der Waals surface area (Å²) in [7, 11) is 0. The summed E-state index contributed by atoms with van der Waals surface area (Å²) in [5.41, 5.74) is 4.00. The average Bonchev–Trinajstić information content (AvgIpc) is 2.61. The minimum Gasteiger partial charge on any atom is -0.489 e. The number of rotatable bonds is 6. The molecule has 3 heteroatoms. The van der Waals surface area contributed by atoms with E-state index >= 15 is 0 Å². The van der Waals surface area contributed by atoms with Gasteiger partial charge in [-0.3, -0.25) is 4.79 Å². The number of hydrogen-bond donors (Lipinski definition) is 1. The molecule has 24 heavy (non-hydrogen) atoms. The van der Waals surface area contributed by atoms with Gasteiger partial charge in [0, 0.05) is 0 Å². The molecule has 0 spiro atoms. The van der Waals surface area contributed by atoms with Crippen molar-refractivity contribution in [2.24, 2.45) is 0 Å². The summed E-state index contributed by atoms with van der Waals surface area (Å²) in [5, 5.41) is 8.83. The van der Waals surface area contributed by atoms with E-state index in [2.05, 4.69) is 0 Å². The van der Waals surface area contributed by atoms with Gasteiger partial charge < -0.3 is 9.84 Å². The molecule has 0 unspecified atom stereocenters. The maximum atomic E-state index is 10.7. The van der Waals surface area contributed by atoms with Crippen LogP contribution in [-0.2, 0) is 17.8 Å². The highest BCUT2D eigenvalue weighted by atomic mass is 16.5. The molecule has 0 saturated carbocycles. The van der Waals surface area contributed by atoms with Crippen molar-refractivity contribution in [3.05, 3.63) is 90.0 Å². The van der Waals surface area contributed by atoms with E-state index in [4.69, 9.17) is 9.84 Å². The smallest absolute Gasteiger partial charge is 0.307 e. The van der Waals surface area contributed by atoms with Crippen molar-refractivity contribution in [2.45, 2.75) is 13.0 Å². The fourth-order valence-corrected chi connectivity index (χ4v) is 2.50. The number of hydrogen-bond acceptors (Lipinski definition) is 2. The van der Waals surface area contributed by atoms with E-state index in [-0.39, 0.29) is 6.42 Å². The van der Waals surface area contributed by atoms with Gasteiger partial charge in [-0.2, -0.15) is 0 Å². The Hall–Kier alpha value is -3.07. The Morgan fingerprint density at radius 2 is 1.54 bits per heavy atom. The third kappa shape index (κ3) is 4.23. The van der Waals surface area contributed by atoms with Crippen LogP contribution in [0.4, 0.5) is 0 Å². The number of carboxylic acid groups (broad SMARTS) is 1. The summed E-state index contributed by atoms with van der Waals surface area (Å²) in [6, 6.07) is 25.5. The second-order valence-electron chi connectivity index (χ2n) is 5.57. The van der Waals surface area contributed by atoms with E-state index in [0.717, 1.165) is 28.0 Å². The van der Waals surface area contributed by atoms with Gasteiger partial charge in [0.05, 0.1) is 6.42 Å². The first-order valence-corrected chi connectivity index (χ1v) is 7.78. The maximum absolute atomic E-state index is 10.7. The normalized spacial score (nSPS) is 10.3. The SMILES string of the molecule is O=C(O)Cc1ccc(-c2cccc(OCc3ccccc3)c2)cc1. The van der Waals surface area contributed by atoms with Crippen molar-refractivity contribution < 1.29 is 14.6 Å². The highest BCUT2D eigenvalue weighted by Gasteiger charge is 2.03. The minimum atomic E-state index is -0.820. The highest BCUT2D eigenvalue weighted by Crippen LogP contribution is 2.25. The molecule has 0 aromatic heterocycles. The second-order valence-corrected chi connectivity index (χ2v) is 5.57. The fraction of sp³-hybridized carbons (Fsp3) is 0.0952. The molecule has 0 amide bonds. The molecule has 0 atom stereocenters. The van der Waals surface area contributed by atoms with E-state index in [0.29, 0.717) is 6.61 Å². The van der Waals surface area contributed by atoms with E-state index in [1.165, 1.54) is 0 Å². The maximum Gasteiger partial charge on any atom is 0.307 e. The van der Waals surface area contributed by atoms with E-state index in [9.17, 15) is 4.79 Å². The van der Waals surface area contributed by atoms with Gasteiger partial charge in [0.2, 0.25) is 0 Å². The quantitative estimate of drug-likeness (QED) is 0.725. The number of carbonyl (C=O) groups is 1. The molecule has 3 rings (SSSR count). The summed E-state index contributed by atoms with van der Waals surface area (Å²) in [6.07, 6.45) is 0.0422. The van der Waals surface area contributed by atoms with Crippen LogP contribution in [0.3, 0.4) is 0 Å². The highest BCUT2D eigenvalue weighted by molar-refractivity contribution is 5.71. The fourth-order valence-electron chi connectivity index (χ4n) is 2.50. The largest absolute Gasteiger partial charge is 0.489 e. The molecule has 3 nitrogen and oxygen atoms in total. The van der Waals surface area contributed by atoms with Gasteiger partial charge in [0.1, 0.15) is 12.4 Å². The Morgan fingerprint density at radius 3 is 2.25 bits per heavy atom. The molecule has 0 aliphatic heterocycles. The first-order valence-electron chi connectivity index (χ1n) is 7.78. The molecular weight excluding hydrogens is 300 g/mol. The first-order chi connectivity index (χ1) is 11.7. The topological polar surface area (TPSA) is 46.5 Å². The van der Waals surface area contributed by atoms with Crippen LogP contribution in [0.15, 0.2) is 78.9 Å². The number of aliphatic carboxylic acids is 1. The van der Waals surface area contributed by atoms with Gasteiger partial charge in [-0.05, 0) is 34.4 Å². The van der Waals surface area contributed by atoms with Gasteiger partial charge in [0.15, 0.2) is 0 Å². The first kappa shape index (κ1) is 15.8. The van der Waals surface area contributed by atoms with Crippen molar-refractivity contribution in [1.82, 2.24) is 0 Å². The Labute approximate surface area is 141 Å². The van der Waals surface area contributed by atoms with Crippen molar-refractivity contribution >= 4 is 5.97 Å². The van der Waals surface area contributed by atoms with Crippen molar-refractivity contribution in [3.8, 4) is 16.9 Å². The lowest BCUT2D eigenvalue weighted by Crippen LogP contribution is -1.99. The summed E-state index contributed by atoms with van der Waals surface area (Å²) < 4.78 is 5.85. The second kappa shape index (κ2) is 7.47. The Balaban J connectivity index is 1.71. The molecule has 0 radical (unpaired) electrons. The third-order valence-electron chi connectivity index (χ3n) is 3.72. The molecule has 0 aliphatic rings. The van der Waals surface area contributed by atoms with E-state index in [1.54, 1.807) is 0 Å². The van der Waals surface area contributed by atoms with Crippen molar-refractivity contribution in [3.63, 3.8) is 0 Å². The average molecular weight is 318 g/mol. The van der Waals surface area contributed by atoms with Gasteiger partial charge >= 0.3 is 5.97 Å². The molecule has 3 aromatic carbocycles. The standard InChI is InChI=1S/C21H18O3/c22-21(23)13-16-9-11-18(12-10-16)19-7-4-8-20(14-19)24-15-17-5-2-1-3-6-17/h1-12,14H,13,15H2,(H,22,23). The van der Waals surface area contributed by atoms with Crippen LogP contribution >= 0.6 is 0 Å². The lowest BCUT2D eigenvalue weighted by molar-refractivity contribution is -0.136. The van der Waals surface area contributed by atoms with Crippen LogP contribution < -0.4 is 4.74 Å². The molecule has 3 aromatic rings. The predicted octanol–water partition coefficient (Wildman–Crippen LogP) is 4.56. The lowest BCUT2D eigenvalue weighted by Gasteiger charge is -2.09. The minimum absolute atomic E-state index is 0.0422. The molecule has 0 saturated heterocycles. The van der Waals surface area contributed by atoms with Crippen LogP contribution in [0.5, 0.6) is 5.75 Å². The van der Waals surface area contributed by atoms with Gasteiger partial charge in [-0.1, -0.05) is 66.7 Å². The van der Waals surface area contributed by atoms with Gasteiger partial charge in [-0.15, -0.1) is 0 Å². The summed E-state index contributed by atoms with van der Waals surface area (Å²) >= 11 is 0.